The third-order valence-corrected chi connectivity index (χ3v) is 0.835. The van der Waals surface area contributed by atoms with Gasteiger partial charge in [-0.2, -0.15) is 0 Å². The molecule has 0 amide bonds. The molecule has 0 aliphatic heterocycles. The highest BCUT2D eigenvalue weighted by Gasteiger charge is 1.66. The summed E-state index contributed by atoms with van der Waals surface area (Å²) in [6.07, 6.45) is 7.07. The zero-order chi connectivity index (χ0) is 7.11. The summed E-state index contributed by atoms with van der Waals surface area (Å²) in [5.41, 5.74) is 4.35. The van der Waals surface area contributed by atoms with E-state index in [9.17, 15) is 0 Å². The molecule has 0 unspecified atom stereocenters. The third kappa shape index (κ3) is 7.26. The van der Waals surface area contributed by atoms with Crippen molar-refractivity contribution in [2.24, 2.45) is 0 Å². The zero-order valence-corrected chi connectivity index (χ0v) is 6.44. The summed E-state index contributed by atoms with van der Waals surface area (Å²) >= 11 is 0. The van der Waals surface area contributed by atoms with Gasteiger partial charge in [0.15, 0.2) is 0 Å². The Morgan fingerprint density at radius 1 is 1.44 bits per heavy atom. The second kappa shape index (κ2) is 5.40. The number of hydrogen-bond donors (Lipinski definition) is 0. The van der Waals surface area contributed by atoms with Crippen molar-refractivity contribution in [3.8, 4) is 0 Å². The summed E-state index contributed by atoms with van der Waals surface area (Å²) in [6.45, 7) is 6.25. The normalized spacial score (nSPS) is 7.44. The van der Waals surface area contributed by atoms with Gasteiger partial charge in [-0.25, -0.2) is 0 Å². The highest BCUT2D eigenvalue weighted by Crippen LogP contribution is 1.87. The predicted molar refractivity (Wildman–Crippen MR) is 42.4 cm³/mol. The van der Waals surface area contributed by atoms with Crippen molar-refractivity contribution in [1.82, 2.24) is 0 Å². The quantitative estimate of drug-likeness (QED) is 0.390. The summed E-state index contributed by atoms with van der Waals surface area (Å²) in [5.74, 6) is 0. The first-order valence-electron chi connectivity index (χ1n) is 3.31. The first kappa shape index (κ1) is 8.26. The minimum Gasteiger partial charge on any atom is -0.125 e. The maximum Gasteiger partial charge on any atom is -0.0204 e. The Kier molecular flexibility index (Phi) is 4.95. The monoisotopic (exact) mass is 122 g/mol. The van der Waals surface area contributed by atoms with Gasteiger partial charge in [-0.15, -0.1) is 5.73 Å². The van der Waals surface area contributed by atoms with Gasteiger partial charge in [0.1, 0.15) is 0 Å². The van der Waals surface area contributed by atoms with Gasteiger partial charge in [0.25, 0.3) is 0 Å². The summed E-state index contributed by atoms with van der Waals surface area (Å²) in [4.78, 5) is 0. The smallest absolute Gasteiger partial charge is 0.0204 e. The van der Waals surface area contributed by atoms with Gasteiger partial charge < -0.3 is 0 Å². The molecule has 0 saturated carbocycles. The summed E-state index contributed by atoms with van der Waals surface area (Å²) in [6, 6.07) is 0. The van der Waals surface area contributed by atoms with E-state index in [0.717, 1.165) is 6.42 Å². The van der Waals surface area contributed by atoms with Crippen LogP contribution in [-0.4, -0.2) is 0 Å². The van der Waals surface area contributed by atoms with Crippen molar-refractivity contribution in [1.29, 1.82) is 0 Å². The van der Waals surface area contributed by atoms with Crippen LogP contribution in [0.1, 0.15) is 27.2 Å². The molecular formula is C9H14. The molecule has 0 fully saturated rings. The topological polar surface area (TPSA) is 0 Å². The number of allylic oxidation sites excluding steroid dienone is 3. The minimum absolute atomic E-state index is 1.06. The molecule has 50 valence electrons. The van der Waals surface area contributed by atoms with E-state index >= 15 is 0 Å². The van der Waals surface area contributed by atoms with E-state index in [4.69, 9.17) is 0 Å². The van der Waals surface area contributed by atoms with Crippen molar-refractivity contribution in [2.75, 3.05) is 0 Å². The zero-order valence-electron chi connectivity index (χ0n) is 6.44. The van der Waals surface area contributed by atoms with Crippen LogP contribution in [0.4, 0.5) is 0 Å². The maximum atomic E-state index is 3.04. The molecule has 0 aromatic rings. The molecule has 0 saturated heterocycles. The molecule has 0 radical (unpaired) electrons. The molecule has 0 atom stereocenters. The Hall–Kier alpha value is -0.740. The SMILES string of the molecule is CCC=C=CC=C(C)C. The van der Waals surface area contributed by atoms with E-state index < -0.39 is 0 Å². The fourth-order valence-electron chi connectivity index (χ4n) is 0.401. The van der Waals surface area contributed by atoms with E-state index in [0.29, 0.717) is 0 Å². The molecule has 0 aliphatic carbocycles. The first-order valence-corrected chi connectivity index (χ1v) is 3.31. The fourth-order valence-corrected chi connectivity index (χ4v) is 0.401. The van der Waals surface area contributed by atoms with Crippen LogP contribution in [0.15, 0.2) is 29.5 Å². The van der Waals surface area contributed by atoms with Gasteiger partial charge >= 0.3 is 0 Å². The van der Waals surface area contributed by atoms with Gasteiger partial charge in [0, 0.05) is 0 Å². The van der Waals surface area contributed by atoms with Gasteiger partial charge in [-0.1, -0.05) is 18.6 Å². The number of rotatable bonds is 2. The first-order chi connectivity index (χ1) is 4.27. The largest absolute Gasteiger partial charge is 0.125 e. The molecule has 0 bridgehead atoms. The van der Waals surface area contributed by atoms with Crippen molar-refractivity contribution in [3.05, 3.63) is 29.5 Å². The van der Waals surface area contributed by atoms with Crippen molar-refractivity contribution < 1.29 is 0 Å². The summed E-state index contributed by atoms with van der Waals surface area (Å²) in [7, 11) is 0. The lowest BCUT2D eigenvalue weighted by molar-refractivity contribution is 1.23. The highest BCUT2D eigenvalue weighted by atomic mass is 13.7. The van der Waals surface area contributed by atoms with E-state index in [-0.39, 0.29) is 0 Å². The van der Waals surface area contributed by atoms with Crippen molar-refractivity contribution >= 4 is 0 Å². The van der Waals surface area contributed by atoms with Crippen LogP contribution in [0.5, 0.6) is 0 Å². The predicted octanol–water partition coefficient (Wildman–Crippen LogP) is 3.07. The lowest BCUT2D eigenvalue weighted by Gasteiger charge is -1.77. The lowest BCUT2D eigenvalue weighted by atomic mass is 10.3. The standard InChI is InChI=1S/C9H14/c1-4-5-6-7-8-9(2)3/h5,7-8H,4H2,1-3H3. The highest BCUT2D eigenvalue weighted by molar-refractivity contribution is 5.07. The molecule has 9 heavy (non-hydrogen) atoms. The fraction of sp³-hybridized carbons (Fsp3) is 0.444. The molecule has 0 N–H and O–H groups in total. The third-order valence-electron chi connectivity index (χ3n) is 0.835. The van der Waals surface area contributed by atoms with E-state index in [1.54, 1.807) is 0 Å². The second-order valence-electron chi connectivity index (χ2n) is 2.19. The molecule has 0 aromatic heterocycles. The Labute approximate surface area is 57.6 Å². The minimum atomic E-state index is 1.06. The summed E-state index contributed by atoms with van der Waals surface area (Å²) in [5, 5.41) is 0. The molecule has 0 nitrogen and oxygen atoms in total. The van der Waals surface area contributed by atoms with Crippen LogP contribution in [0.25, 0.3) is 0 Å². The second-order valence-corrected chi connectivity index (χ2v) is 2.19. The Morgan fingerprint density at radius 3 is 2.56 bits per heavy atom. The van der Waals surface area contributed by atoms with Crippen LogP contribution in [-0.2, 0) is 0 Å². The Morgan fingerprint density at radius 2 is 2.11 bits per heavy atom. The van der Waals surface area contributed by atoms with Gasteiger partial charge in [0.05, 0.1) is 0 Å². The molecule has 0 heteroatoms. The van der Waals surface area contributed by atoms with Crippen molar-refractivity contribution in [2.45, 2.75) is 27.2 Å². The Bertz CT molecular complexity index is 139. The van der Waals surface area contributed by atoms with E-state index in [1.165, 1.54) is 5.57 Å². The van der Waals surface area contributed by atoms with Gasteiger partial charge in [-0.3, -0.25) is 0 Å². The average Bonchev–Trinajstić information content (AvgIpc) is 1.80. The molecule has 0 aliphatic rings. The number of hydrogen-bond acceptors (Lipinski definition) is 0. The summed E-state index contributed by atoms with van der Waals surface area (Å²) < 4.78 is 0. The van der Waals surface area contributed by atoms with Crippen LogP contribution in [0.3, 0.4) is 0 Å². The molecule has 0 heterocycles. The lowest BCUT2D eigenvalue weighted by Crippen LogP contribution is -1.56. The molecule has 0 rings (SSSR count). The van der Waals surface area contributed by atoms with Crippen LogP contribution in [0.2, 0.25) is 0 Å². The van der Waals surface area contributed by atoms with Crippen LogP contribution >= 0.6 is 0 Å². The molecule has 0 spiro atoms. The molecular weight excluding hydrogens is 108 g/mol. The molecule has 0 aromatic carbocycles. The van der Waals surface area contributed by atoms with Crippen LogP contribution in [0, 0.1) is 0 Å². The van der Waals surface area contributed by atoms with Gasteiger partial charge in [-0.05, 0) is 32.4 Å². The average molecular weight is 122 g/mol. The van der Waals surface area contributed by atoms with E-state index in [2.05, 4.69) is 26.5 Å². The van der Waals surface area contributed by atoms with Crippen LogP contribution < -0.4 is 0 Å². The maximum absolute atomic E-state index is 3.04. The Balaban J connectivity index is 3.73. The van der Waals surface area contributed by atoms with Crippen molar-refractivity contribution in [3.63, 3.8) is 0 Å². The van der Waals surface area contributed by atoms with E-state index in [1.807, 2.05) is 18.2 Å². The van der Waals surface area contributed by atoms with Gasteiger partial charge in [0.2, 0.25) is 0 Å².